The molecule has 0 bridgehead atoms. The highest BCUT2D eigenvalue weighted by Gasteiger charge is 2.16. The summed E-state index contributed by atoms with van der Waals surface area (Å²) in [5.41, 5.74) is 2.59. The summed E-state index contributed by atoms with van der Waals surface area (Å²) >= 11 is 0. The van der Waals surface area contributed by atoms with Crippen LogP contribution in [-0.4, -0.2) is 62.3 Å². The Morgan fingerprint density at radius 1 is 1.28 bits per heavy atom. The van der Waals surface area contributed by atoms with Gasteiger partial charge in [0.2, 0.25) is 0 Å². The molecule has 4 rings (SSSR count). The van der Waals surface area contributed by atoms with Crippen LogP contribution in [0.4, 0.5) is 17.3 Å². The van der Waals surface area contributed by atoms with Gasteiger partial charge in [0.05, 0.1) is 37.0 Å². The highest BCUT2D eigenvalue weighted by Crippen LogP contribution is 2.27. The Labute approximate surface area is 167 Å². The van der Waals surface area contributed by atoms with Gasteiger partial charge in [-0.15, -0.1) is 10.2 Å². The number of morpholine rings is 1. The van der Waals surface area contributed by atoms with Gasteiger partial charge in [0.15, 0.2) is 11.5 Å². The van der Waals surface area contributed by atoms with E-state index in [4.69, 9.17) is 10.00 Å². The van der Waals surface area contributed by atoms with Gasteiger partial charge in [-0.3, -0.25) is 4.68 Å². The van der Waals surface area contributed by atoms with Gasteiger partial charge in [-0.05, 0) is 0 Å². The molecule has 148 valence electrons. The van der Waals surface area contributed by atoms with Crippen molar-refractivity contribution < 1.29 is 4.74 Å². The summed E-state index contributed by atoms with van der Waals surface area (Å²) in [4.78, 5) is 8.15. The zero-order valence-electron chi connectivity index (χ0n) is 15.8. The first-order valence-corrected chi connectivity index (χ1v) is 9.13. The number of nitriles is 1. The lowest BCUT2D eigenvalue weighted by atomic mass is 10.2. The van der Waals surface area contributed by atoms with E-state index in [0.29, 0.717) is 30.5 Å². The number of anilines is 3. The van der Waals surface area contributed by atoms with Crippen molar-refractivity contribution in [1.82, 2.24) is 35.3 Å². The molecule has 11 nitrogen and oxygen atoms in total. The van der Waals surface area contributed by atoms with Gasteiger partial charge in [-0.1, -0.05) is 0 Å². The van der Waals surface area contributed by atoms with E-state index < -0.39 is 0 Å². The smallest absolute Gasteiger partial charge is 0.158 e. The summed E-state index contributed by atoms with van der Waals surface area (Å²) in [6.07, 6.45) is 6.57. The van der Waals surface area contributed by atoms with Gasteiger partial charge >= 0.3 is 0 Å². The van der Waals surface area contributed by atoms with Crippen molar-refractivity contribution in [3.05, 3.63) is 36.5 Å². The van der Waals surface area contributed by atoms with Crippen molar-refractivity contribution in [2.45, 2.75) is 6.10 Å². The van der Waals surface area contributed by atoms with Crippen LogP contribution in [0.25, 0.3) is 11.3 Å². The fraction of sp³-hybridized carbons (Fsp3) is 0.333. The minimum absolute atomic E-state index is 0.0689. The number of hydrogen-bond donors (Lipinski definition) is 3. The molecular formula is C18H20N10O. The zero-order valence-corrected chi connectivity index (χ0v) is 15.8. The first-order valence-electron chi connectivity index (χ1n) is 9.13. The Kier molecular flexibility index (Phi) is 5.55. The van der Waals surface area contributed by atoms with E-state index in [1.807, 2.05) is 25.4 Å². The van der Waals surface area contributed by atoms with Crippen LogP contribution in [0.2, 0.25) is 0 Å². The van der Waals surface area contributed by atoms with Gasteiger partial charge in [0.1, 0.15) is 17.6 Å². The van der Waals surface area contributed by atoms with Crippen LogP contribution in [0.3, 0.4) is 0 Å². The van der Waals surface area contributed by atoms with Crippen LogP contribution in [0, 0.1) is 11.3 Å². The second-order valence-corrected chi connectivity index (χ2v) is 6.50. The molecule has 3 aromatic heterocycles. The Morgan fingerprint density at radius 3 is 2.90 bits per heavy atom. The standard InChI is InChI=1S/C18H20N10O/c1-28-11-12(6-24-28)18-15(22-9-14-8-20-2-3-29-14)4-16(26-27-18)25-17-10-21-13(5-19)7-23-17/h4,6-7,10-11,14,20H,2-3,8-9H2,1H3,(H2,22,23,25,26). The minimum Gasteiger partial charge on any atom is -0.380 e. The number of ether oxygens (including phenoxy) is 1. The molecule has 0 saturated carbocycles. The van der Waals surface area contributed by atoms with Crippen LogP contribution >= 0.6 is 0 Å². The Balaban J connectivity index is 1.57. The highest BCUT2D eigenvalue weighted by atomic mass is 16.5. The molecule has 3 aromatic rings. The summed E-state index contributed by atoms with van der Waals surface area (Å²) in [5.74, 6) is 0.972. The van der Waals surface area contributed by atoms with Gasteiger partial charge < -0.3 is 20.7 Å². The van der Waals surface area contributed by atoms with Crippen LogP contribution in [0.1, 0.15) is 5.69 Å². The van der Waals surface area contributed by atoms with E-state index >= 15 is 0 Å². The van der Waals surface area contributed by atoms with Crippen LogP contribution in [-0.2, 0) is 11.8 Å². The first kappa shape index (κ1) is 18.7. The summed E-state index contributed by atoms with van der Waals surface area (Å²) in [7, 11) is 1.85. The van der Waals surface area contributed by atoms with Crippen LogP contribution < -0.4 is 16.0 Å². The molecule has 1 atom stereocenters. The Hall–Kier alpha value is -3.62. The molecule has 3 N–H and O–H groups in total. The van der Waals surface area contributed by atoms with Gasteiger partial charge in [-0.2, -0.15) is 10.4 Å². The molecule has 1 fully saturated rings. The summed E-state index contributed by atoms with van der Waals surface area (Å²) in [6.45, 7) is 2.98. The fourth-order valence-electron chi connectivity index (χ4n) is 2.90. The predicted molar refractivity (Wildman–Crippen MR) is 105 cm³/mol. The largest absolute Gasteiger partial charge is 0.380 e. The third-order valence-corrected chi connectivity index (χ3v) is 4.32. The van der Waals surface area contributed by atoms with E-state index in [1.54, 1.807) is 10.9 Å². The average Bonchev–Trinajstić information content (AvgIpc) is 3.20. The molecule has 0 aromatic carbocycles. The topological polar surface area (TPSA) is 138 Å². The van der Waals surface area contributed by atoms with Crippen LogP contribution in [0.5, 0.6) is 0 Å². The SMILES string of the molecule is Cn1cc(-c2nnc(Nc3cnc(C#N)cn3)cc2NCC2CNCCO2)cn1. The van der Waals surface area contributed by atoms with Crippen molar-refractivity contribution in [2.24, 2.45) is 7.05 Å². The molecule has 11 heteroatoms. The number of aryl methyl sites for hydroxylation is 1. The molecule has 29 heavy (non-hydrogen) atoms. The molecule has 0 aliphatic carbocycles. The third-order valence-electron chi connectivity index (χ3n) is 4.32. The number of aromatic nitrogens is 6. The lowest BCUT2D eigenvalue weighted by molar-refractivity contribution is 0.0372. The zero-order chi connectivity index (χ0) is 20.1. The molecule has 0 amide bonds. The van der Waals surface area contributed by atoms with Crippen molar-refractivity contribution >= 4 is 17.3 Å². The van der Waals surface area contributed by atoms with E-state index in [-0.39, 0.29) is 11.8 Å². The minimum atomic E-state index is 0.0689. The molecule has 0 radical (unpaired) electrons. The molecule has 1 unspecified atom stereocenters. The van der Waals surface area contributed by atoms with Gasteiger partial charge in [-0.25, -0.2) is 9.97 Å². The summed E-state index contributed by atoms with van der Waals surface area (Å²) < 4.78 is 7.48. The second kappa shape index (κ2) is 8.59. The third kappa shape index (κ3) is 4.63. The average molecular weight is 392 g/mol. The molecular weight excluding hydrogens is 372 g/mol. The summed E-state index contributed by atoms with van der Waals surface area (Å²) in [6, 6.07) is 3.79. The molecule has 1 aliphatic heterocycles. The van der Waals surface area contributed by atoms with Crippen molar-refractivity contribution in [3.63, 3.8) is 0 Å². The number of rotatable bonds is 6. The molecule has 1 aliphatic rings. The van der Waals surface area contributed by atoms with Gasteiger partial charge in [0, 0.05) is 44.5 Å². The second-order valence-electron chi connectivity index (χ2n) is 6.50. The quantitative estimate of drug-likeness (QED) is 0.549. The predicted octanol–water partition coefficient (Wildman–Crippen LogP) is 0.683. The van der Waals surface area contributed by atoms with Gasteiger partial charge in [0.25, 0.3) is 0 Å². The molecule has 1 saturated heterocycles. The normalized spacial score (nSPS) is 16.2. The fourth-order valence-corrected chi connectivity index (χ4v) is 2.90. The first-order chi connectivity index (χ1) is 14.2. The number of hydrogen-bond acceptors (Lipinski definition) is 10. The van der Waals surface area contributed by atoms with Crippen molar-refractivity contribution in [2.75, 3.05) is 36.9 Å². The molecule has 0 spiro atoms. The molecule has 4 heterocycles. The maximum Gasteiger partial charge on any atom is 0.158 e. The maximum absolute atomic E-state index is 8.84. The number of nitrogens with zero attached hydrogens (tertiary/aromatic N) is 7. The summed E-state index contributed by atoms with van der Waals surface area (Å²) in [5, 5.41) is 31.5. The van der Waals surface area contributed by atoms with Crippen molar-refractivity contribution in [3.8, 4) is 17.3 Å². The highest BCUT2D eigenvalue weighted by molar-refractivity contribution is 5.75. The van der Waals surface area contributed by atoms with Crippen molar-refractivity contribution in [1.29, 1.82) is 5.26 Å². The lowest BCUT2D eigenvalue weighted by Crippen LogP contribution is -2.42. The van der Waals surface area contributed by atoms with E-state index in [1.165, 1.54) is 12.4 Å². The Morgan fingerprint density at radius 2 is 2.21 bits per heavy atom. The van der Waals surface area contributed by atoms with Crippen LogP contribution in [0.15, 0.2) is 30.9 Å². The van der Waals surface area contributed by atoms with E-state index in [0.717, 1.165) is 24.3 Å². The monoisotopic (exact) mass is 392 g/mol. The maximum atomic E-state index is 8.84. The van der Waals surface area contributed by atoms with E-state index in [2.05, 4.69) is 41.2 Å². The van der Waals surface area contributed by atoms with E-state index in [9.17, 15) is 0 Å². The Bertz CT molecular complexity index is 1000. The number of nitrogens with one attached hydrogen (secondary N) is 3. The lowest BCUT2D eigenvalue weighted by Gasteiger charge is -2.24.